The molecule has 0 aliphatic heterocycles. The third kappa shape index (κ3) is 2.50. The van der Waals surface area contributed by atoms with Crippen molar-refractivity contribution >= 4 is 11.0 Å². The third-order valence-electron chi connectivity index (χ3n) is 3.43. The van der Waals surface area contributed by atoms with Gasteiger partial charge in [0.05, 0.1) is 11.0 Å². The average Bonchev–Trinajstić information content (AvgIpc) is 2.60. The molecule has 1 heterocycles. The van der Waals surface area contributed by atoms with E-state index in [1.54, 1.807) is 0 Å². The molecule has 2 rings (SSSR count). The first-order chi connectivity index (χ1) is 7.97. The minimum atomic E-state index is 0.165. The average molecular weight is 231 g/mol. The van der Waals surface area contributed by atoms with Gasteiger partial charge in [-0.05, 0) is 43.0 Å². The molecule has 2 aromatic rings. The quantitative estimate of drug-likeness (QED) is 0.853. The predicted molar refractivity (Wildman–Crippen MR) is 72.1 cm³/mol. The highest BCUT2D eigenvalue weighted by atomic mass is 14.9. The molecule has 0 saturated carbocycles. The molecule has 0 bridgehead atoms. The number of fused-ring (bicyclic) bond motifs is 1. The van der Waals surface area contributed by atoms with Crippen molar-refractivity contribution in [1.82, 2.24) is 9.97 Å². The number of nitrogens with two attached hydrogens (primary N) is 1. The van der Waals surface area contributed by atoms with E-state index in [2.05, 4.69) is 49.8 Å². The van der Waals surface area contributed by atoms with Crippen LogP contribution < -0.4 is 5.73 Å². The van der Waals surface area contributed by atoms with Crippen molar-refractivity contribution in [2.45, 2.75) is 40.2 Å². The molecule has 1 unspecified atom stereocenters. The highest BCUT2D eigenvalue weighted by Gasteiger charge is 2.12. The summed E-state index contributed by atoms with van der Waals surface area (Å²) in [5.74, 6) is 1.47. The van der Waals surface area contributed by atoms with Crippen molar-refractivity contribution in [3.8, 4) is 0 Å². The molecule has 92 valence electrons. The molecular weight excluding hydrogens is 210 g/mol. The SMILES string of the molecule is Cc1cc2nc(CC(N)C(C)C)[nH]c2cc1C. The maximum absolute atomic E-state index is 6.07. The highest BCUT2D eigenvalue weighted by molar-refractivity contribution is 5.77. The van der Waals surface area contributed by atoms with E-state index < -0.39 is 0 Å². The second-order valence-electron chi connectivity index (χ2n) is 5.25. The van der Waals surface area contributed by atoms with Gasteiger partial charge in [-0.2, -0.15) is 0 Å². The van der Waals surface area contributed by atoms with Gasteiger partial charge in [-0.3, -0.25) is 0 Å². The summed E-state index contributed by atoms with van der Waals surface area (Å²) >= 11 is 0. The largest absolute Gasteiger partial charge is 0.342 e. The van der Waals surface area contributed by atoms with Gasteiger partial charge in [0.25, 0.3) is 0 Å². The Labute approximate surface area is 102 Å². The number of hydrogen-bond acceptors (Lipinski definition) is 2. The summed E-state index contributed by atoms with van der Waals surface area (Å²) in [6, 6.07) is 4.45. The first kappa shape index (κ1) is 12.1. The lowest BCUT2D eigenvalue weighted by molar-refractivity contribution is 0.483. The Kier molecular flexibility index (Phi) is 3.20. The Hall–Kier alpha value is -1.35. The van der Waals surface area contributed by atoms with Gasteiger partial charge in [0, 0.05) is 12.5 Å². The molecule has 17 heavy (non-hydrogen) atoms. The minimum absolute atomic E-state index is 0.165. The normalized spacial score (nSPS) is 13.5. The van der Waals surface area contributed by atoms with Crippen molar-refractivity contribution in [3.63, 3.8) is 0 Å². The fourth-order valence-electron chi connectivity index (χ4n) is 1.88. The van der Waals surface area contributed by atoms with Crippen LogP contribution in [0.4, 0.5) is 0 Å². The van der Waals surface area contributed by atoms with Crippen molar-refractivity contribution in [3.05, 3.63) is 29.1 Å². The van der Waals surface area contributed by atoms with Gasteiger partial charge in [-0.1, -0.05) is 13.8 Å². The summed E-state index contributed by atoms with van der Waals surface area (Å²) in [5, 5.41) is 0. The second kappa shape index (κ2) is 4.49. The van der Waals surface area contributed by atoms with Gasteiger partial charge in [-0.25, -0.2) is 4.98 Å². The van der Waals surface area contributed by atoms with E-state index >= 15 is 0 Å². The molecule has 1 aromatic carbocycles. The first-order valence-corrected chi connectivity index (χ1v) is 6.19. The number of hydrogen-bond donors (Lipinski definition) is 2. The Morgan fingerprint density at radius 3 is 2.53 bits per heavy atom. The van der Waals surface area contributed by atoms with Crippen LogP contribution in [0, 0.1) is 19.8 Å². The highest BCUT2D eigenvalue weighted by Crippen LogP contribution is 2.18. The lowest BCUT2D eigenvalue weighted by Crippen LogP contribution is -2.29. The smallest absolute Gasteiger partial charge is 0.108 e. The lowest BCUT2D eigenvalue weighted by Gasteiger charge is -2.13. The van der Waals surface area contributed by atoms with E-state index in [0.29, 0.717) is 5.92 Å². The molecule has 0 spiro atoms. The van der Waals surface area contributed by atoms with Crippen molar-refractivity contribution in [2.75, 3.05) is 0 Å². The predicted octanol–water partition coefficient (Wildman–Crippen LogP) is 2.71. The van der Waals surface area contributed by atoms with Crippen LogP contribution >= 0.6 is 0 Å². The molecule has 0 amide bonds. The fraction of sp³-hybridized carbons (Fsp3) is 0.500. The van der Waals surface area contributed by atoms with Crippen LogP contribution in [0.3, 0.4) is 0 Å². The summed E-state index contributed by atoms with van der Waals surface area (Å²) in [7, 11) is 0. The number of imidazole rings is 1. The topological polar surface area (TPSA) is 54.7 Å². The summed E-state index contributed by atoms with van der Waals surface area (Å²) in [5.41, 5.74) is 10.8. The number of aromatic nitrogens is 2. The number of rotatable bonds is 3. The Bertz CT molecular complexity index is 486. The molecule has 1 atom stereocenters. The zero-order chi connectivity index (χ0) is 12.6. The minimum Gasteiger partial charge on any atom is -0.342 e. The number of nitrogens with zero attached hydrogens (tertiary/aromatic N) is 1. The van der Waals surface area contributed by atoms with Gasteiger partial charge in [0.1, 0.15) is 5.82 Å². The van der Waals surface area contributed by atoms with E-state index in [0.717, 1.165) is 23.3 Å². The summed E-state index contributed by atoms with van der Waals surface area (Å²) in [6.07, 6.45) is 0.810. The van der Waals surface area contributed by atoms with Crippen LogP contribution in [0.1, 0.15) is 30.8 Å². The fourth-order valence-corrected chi connectivity index (χ4v) is 1.88. The van der Waals surface area contributed by atoms with Crippen LogP contribution in [0.2, 0.25) is 0 Å². The number of aryl methyl sites for hydroxylation is 2. The molecule has 0 saturated heterocycles. The Morgan fingerprint density at radius 1 is 1.24 bits per heavy atom. The first-order valence-electron chi connectivity index (χ1n) is 6.19. The molecule has 3 N–H and O–H groups in total. The van der Waals surface area contributed by atoms with Crippen LogP contribution in [0.15, 0.2) is 12.1 Å². The van der Waals surface area contributed by atoms with Crippen molar-refractivity contribution < 1.29 is 0 Å². The lowest BCUT2D eigenvalue weighted by atomic mass is 10.0. The zero-order valence-corrected chi connectivity index (χ0v) is 11.0. The number of benzene rings is 1. The van der Waals surface area contributed by atoms with Gasteiger partial charge >= 0.3 is 0 Å². The van der Waals surface area contributed by atoms with Crippen LogP contribution in [0.25, 0.3) is 11.0 Å². The standard InChI is InChI=1S/C14H21N3/c1-8(2)11(15)7-14-16-12-5-9(3)10(4)6-13(12)17-14/h5-6,8,11H,7,15H2,1-4H3,(H,16,17). The molecular formula is C14H21N3. The Morgan fingerprint density at radius 2 is 1.88 bits per heavy atom. The van der Waals surface area contributed by atoms with Crippen LogP contribution in [0.5, 0.6) is 0 Å². The van der Waals surface area contributed by atoms with E-state index in [-0.39, 0.29) is 6.04 Å². The summed E-state index contributed by atoms with van der Waals surface area (Å²) < 4.78 is 0. The Balaban J connectivity index is 2.32. The molecule has 1 aromatic heterocycles. The van der Waals surface area contributed by atoms with Crippen LogP contribution in [-0.2, 0) is 6.42 Å². The molecule has 3 nitrogen and oxygen atoms in total. The molecule has 3 heteroatoms. The van der Waals surface area contributed by atoms with Gasteiger partial charge in [0.2, 0.25) is 0 Å². The third-order valence-corrected chi connectivity index (χ3v) is 3.43. The molecule has 0 aliphatic carbocycles. The number of aromatic amines is 1. The van der Waals surface area contributed by atoms with Gasteiger partial charge in [-0.15, -0.1) is 0 Å². The van der Waals surface area contributed by atoms with E-state index in [4.69, 9.17) is 5.73 Å². The molecule has 0 fully saturated rings. The summed E-state index contributed by atoms with van der Waals surface area (Å²) in [6.45, 7) is 8.52. The van der Waals surface area contributed by atoms with E-state index in [9.17, 15) is 0 Å². The maximum Gasteiger partial charge on any atom is 0.108 e. The van der Waals surface area contributed by atoms with E-state index in [1.165, 1.54) is 11.1 Å². The summed E-state index contributed by atoms with van der Waals surface area (Å²) in [4.78, 5) is 7.96. The monoisotopic (exact) mass is 231 g/mol. The van der Waals surface area contributed by atoms with Crippen molar-refractivity contribution in [2.24, 2.45) is 11.7 Å². The molecule has 0 radical (unpaired) electrons. The van der Waals surface area contributed by atoms with Gasteiger partial charge < -0.3 is 10.7 Å². The zero-order valence-electron chi connectivity index (χ0n) is 11.0. The van der Waals surface area contributed by atoms with Crippen molar-refractivity contribution in [1.29, 1.82) is 0 Å². The van der Waals surface area contributed by atoms with E-state index in [1.807, 2.05) is 0 Å². The molecule has 0 aliphatic rings. The number of H-pyrrole nitrogens is 1. The van der Waals surface area contributed by atoms with Crippen LogP contribution in [-0.4, -0.2) is 16.0 Å². The number of nitrogens with one attached hydrogen (secondary N) is 1. The maximum atomic E-state index is 6.07. The van der Waals surface area contributed by atoms with Gasteiger partial charge in [0.15, 0.2) is 0 Å². The second-order valence-corrected chi connectivity index (χ2v) is 5.25.